The maximum absolute atomic E-state index is 12.4. The van der Waals surface area contributed by atoms with Crippen LogP contribution in [0.2, 0.25) is 0 Å². The van der Waals surface area contributed by atoms with Crippen molar-refractivity contribution >= 4 is 11.9 Å². The number of hydrogen-bond donors (Lipinski definition) is 0. The number of unbranched alkanes of at least 4 members (excludes halogenated alkanes) is 10. The molecule has 1 aliphatic rings. The lowest BCUT2D eigenvalue weighted by Gasteiger charge is -2.28. The van der Waals surface area contributed by atoms with Gasteiger partial charge < -0.3 is 23.7 Å². The van der Waals surface area contributed by atoms with Gasteiger partial charge in [0.15, 0.2) is 18.0 Å². The molecule has 1 aliphatic heterocycles. The van der Waals surface area contributed by atoms with Crippen LogP contribution in [0, 0.1) is 0 Å². The van der Waals surface area contributed by atoms with Crippen LogP contribution in [-0.4, -0.2) is 45.5 Å². The summed E-state index contributed by atoms with van der Waals surface area (Å²) >= 11 is 0. The second-order valence-corrected chi connectivity index (χ2v) is 8.89. The first-order valence-electron chi connectivity index (χ1n) is 12.7. The summed E-state index contributed by atoms with van der Waals surface area (Å²) in [6.07, 6.45) is 11.5. The molecule has 1 fully saturated rings. The van der Waals surface area contributed by atoms with E-state index in [0.29, 0.717) is 12.2 Å². The maximum Gasteiger partial charge on any atom is 0.338 e. The monoisotopic (exact) mass is 478 g/mol. The Morgan fingerprint density at radius 2 is 1.18 bits per heavy atom. The Morgan fingerprint density at radius 3 is 1.59 bits per heavy atom. The van der Waals surface area contributed by atoms with Gasteiger partial charge in [0, 0.05) is 12.0 Å². The van der Waals surface area contributed by atoms with E-state index in [-0.39, 0.29) is 0 Å². The summed E-state index contributed by atoms with van der Waals surface area (Å²) in [4.78, 5) is 24.7. The molecule has 2 rings (SSSR count). The van der Waals surface area contributed by atoms with E-state index in [1.165, 1.54) is 65.6 Å². The van der Waals surface area contributed by atoms with E-state index in [0.717, 1.165) is 24.8 Å². The van der Waals surface area contributed by atoms with E-state index < -0.39 is 29.9 Å². The molecule has 2 unspecified atom stereocenters. The second kappa shape index (κ2) is 15.0. The molecule has 1 aromatic rings. The summed E-state index contributed by atoms with van der Waals surface area (Å²) < 4.78 is 27.3. The molecule has 0 spiro atoms. The number of rotatable bonds is 16. The Bertz CT molecular complexity index is 707. The first-order chi connectivity index (χ1) is 16.5. The van der Waals surface area contributed by atoms with Gasteiger partial charge in [0.1, 0.15) is 5.75 Å². The minimum atomic E-state index is -1.23. The van der Waals surface area contributed by atoms with E-state index in [1.807, 2.05) is 24.3 Å². The van der Waals surface area contributed by atoms with Crippen molar-refractivity contribution in [2.24, 2.45) is 0 Å². The molecule has 1 aromatic carbocycles. The zero-order chi connectivity index (χ0) is 24.8. The van der Waals surface area contributed by atoms with E-state index in [4.69, 9.17) is 23.7 Å². The first-order valence-corrected chi connectivity index (χ1v) is 12.7. The number of methoxy groups -OCH3 is 3. The van der Waals surface area contributed by atoms with Crippen LogP contribution >= 0.6 is 0 Å². The summed E-state index contributed by atoms with van der Waals surface area (Å²) in [7, 11) is 4.12. The van der Waals surface area contributed by atoms with Gasteiger partial charge in [-0.25, -0.2) is 9.59 Å². The normalized spacial score (nSPS) is 21.9. The third-order valence-electron chi connectivity index (χ3n) is 6.42. The summed E-state index contributed by atoms with van der Waals surface area (Å²) in [5, 5.41) is 0. The molecule has 0 amide bonds. The zero-order valence-electron chi connectivity index (χ0n) is 21.3. The maximum atomic E-state index is 12.4. The number of benzene rings is 1. The third-order valence-corrected chi connectivity index (χ3v) is 6.42. The lowest BCUT2D eigenvalue weighted by molar-refractivity contribution is -0.199. The van der Waals surface area contributed by atoms with Gasteiger partial charge in [0.25, 0.3) is 0 Å². The lowest BCUT2D eigenvalue weighted by atomic mass is 9.98. The predicted molar refractivity (Wildman–Crippen MR) is 130 cm³/mol. The fraction of sp³-hybridized carbons (Fsp3) is 0.704. The molecular weight excluding hydrogens is 436 g/mol. The van der Waals surface area contributed by atoms with Gasteiger partial charge in [-0.1, -0.05) is 71.1 Å². The van der Waals surface area contributed by atoms with E-state index >= 15 is 0 Å². The van der Waals surface area contributed by atoms with Gasteiger partial charge >= 0.3 is 11.9 Å². The molecule has 2 atom stereocenters. The Kier molecular flexibility index (Phi) is 12.4. The number of esters is 2. The first kappa shape index (κ1) is 28.1. The van der Waals surface area contributed by atoms with Crippen molar-refractivity contribution in [3.8, 4) is 5.75 Å². The van der Waals surface area contributed by atoms with E-state index in [9.17, 15) is 9.59 Å². The number of ether oxygens (including phenoxy) is 5. The Balaban J connectivity index is 1.98. The highest BCUT2D eigenvalue weighted by Crippen LogP contribution is 2.43. The molecule has 1 saturated heterocycles. The molecule has 192 valence electrons. The Morgan fingerprint density at radius 1 is 0.735 bits per heavy atom. The minimum absolute atomic E-state index is 0.511. The van der Waals surface area contributed by atoms with Gasteiger partial charge in [-0.3, -0.25) is 0 Å². The van der Waals surface area contributed by atoms with Crippen molar-refractivity contribution in [3.63, 3.8) is 0 Å². The minimum Gasteiger partial charge on any atom is -0.497 e. The molecular formula is C27H42O7. The molecule has 0 N–H and O–H groups in total. The van der Waals surface area contributed by atoms with Crippen molar-refractivity contribution < 1.29 is 33.3 Å². The molecule has 0 bridgehead atoms. The number of carbonyl (C=O) groups is 2. The van der Waals surface area contributed by atoms with Crippen LogP contribution in [0.3, 0.4) is 0 Å². The van der Waals surface area contributed by atoms with Gasteiger partial charge in [0.05, 0.1) is 21.3 Å². The summed E-state index contributed by atoms with van der Waals surface area (Å²) in [6, 6.07) is 7.29. The van der Waals surface area contributed by atoms with Crippen molar-refractivity contribution in [2.45, 2.75) is 102 Å². The molecule has 0 radical (unpaired) electrons. The predicted octanol–water partition coefficient (Wildman–Crippen LogP) is 5.68. The molecule has 7 nitrogen and oxygen atoms in total. The van der Waals surface area contributed by atoms with Crippen LogP contribution in [-0.2, 0) is 34.3 Å². The molecule has 0 aliphatic carbocycles. The quantitative estimate of drug-likeness (QED) is 0.223. The third kappa shape index (κ3) is 7.98. The lowest BCUT2D eigenvalue weighted by Crippen LogP contribution is -2.38. The highest BCUT2D eigenvalue weighted by atomic mass is 16.8. The van der Waals surface area contributed by atoms with Gasteiger partial charge in [-0.05, 0) is 30.7 Å². The SMILES string of the molecule is CCCCCCCCCCCCCC1(c2ccc(OC)cc2)OC(C(=O)OC)C(C(=O)OC)O1. The van der Waals surface area contributed by atoms with Gasteiger partial charge in [-0.15, -0.1) is 0 Å². The van der Waals surface area contributed by atoms with Crippen molar-refractivity contribution in [1.82, 2.24) is 0 Å². The number of carbonyl (C=O) groups excluding carboxylic acids is 2. The van der Waals surface area contributed by atoms with Crippen LogP contribution in [0.4, 0.5) is 0 Å². The van der Waals surface area contributed by atoms with Crippen molar-refractivity contribution in [2.75, 3.05) is 21.3 Å². The van der Waals surface area contributed by atoms with E-state index in [2.05, 4.69) is 6.92 Å². The van der Waals surface area contributed by atoms with Crippen LogP contribution < -0.4 is 4.74 Å². The largest absolute Gasteiger partial charge is 0.497 e. The second-order valence-electron chi connectivity index (χ2n) is 8.89. The standard InChI is InChI=1S/C27H42O7/c1-5-6-7-8-9-10-11-12-13-14-15-20-27(21-16-18-22(30-2)19-17-21)33-23(25(28)31-3)24(34-27)26(29)32-4/h16-19,23-24H,5-15,20H2,1-4H3. The van der Waals surface area contributed by atoms with E-state index in [1.54, 1.807) is 7.11 Å². The Hall–Kier alpha value is -2.12. The molecule has 0 aromatic heterocycles. The molecule has 0 saturated carbocycles. The fourth-order valence-corrected chi connectivity index (χ4v) is 4.40. The smallest absolute Gasteiger partial charge is 0.338 e. The van der Waals surface area contributed by atoms with Crippen LogP contribution in [0.25, 0.3) is 0 Å². The highest BCUT2D eigenvalue weighted by Gasteiger charge is 2.55. The van der Waals surface area contributed by atoms with Crippen LogP contribution in [0.5, 0.6) is 5.75 Å². The van der Waals surface area contributed by atoms with Gasteiger partial charge in [0.2, 0.25) is 0 Å². The summed E-state index contributed by atoms with van der Waals surface area (Å²) in [5.41, 5.74) is 0.723. The zero-order valence-corrected chi connectivity index (χ0v) is 21.3. The molecule has 7 heteroatoms. The highest BCUT2D eigenvalue weighted by molar-refractivity contribution is 5.86. The van der Waals surface area contributed by atoms with Gasteiger partial charge in [-0.2, -0.15) is 0 Å². The average Bonchev–Trinajstić information content (AvgIpc) is 3.27. The number of hydrogen-bond acceptors (Lipinski definition) is 7. The average molecular weight is 479 g/mol. The molecule has 1 heterocycles. The molecule has 34 heavy (non-hydrogen) atoms. The topological polar surface area (TPSA) is 80.3 Å². The van der Waals surface area contributed by atoms with Crippen molar-refractivity contribution in [1.29, 1.82) is 0 Å². The Labute approximate surface area is 204 Å². The summed E-state index contributed by atoms with van der Waals surface area (Å²) in [5.74, 6) is -1.86. The van der Waals surface area contributed by atoms with Crippen molar-refractivity contribution in [3.05, 3.63) is 29.8 Å². The summed E-state index contributed by atoms with van der Waals surface area (Å²) in [6.45, 7) is 2.24. The van der Waals surface area contributed by atoms with Crippen LogP contribution in [0.1, 0.15) is 89.5 Å². The fourth-order valence-electron chi connectivity index (χ4n) is 4.40. The van der Waals surface area contributed by atoms with Crippen LogP contribution in [0.15, 0.2) is 24.3 Å².